The van der Waals surface area contributed by atoms with E-state index in [9.17, 15) is 4.79 Å². The molecule has 1 heterocycles. The zero-order valence-electron chi connectivity index (χ0n) is 10.4. The lowest BCUT2D eigenvalue weighted by molar-refractivity contribution is -0.139. The van der Waals surface area contributed by atoms with Crippen LogP contribution in [0.2, 0.25) is 0 Å². The van der Waals surface area contributed by atoms with Gasteiger partial charge in [0, 0.05) is 5.70 Å². The summed E-state index contributed by atoms with van der Waals surface area (Å²) in [6.07, 6.45) is 1.76. The second-order valence-electron chi connectivity index (χ2n) is 3.88. The van der Waals surface area contributed by atoms with Gasteiger partial charge in [0.1, 0.15) is 0 Å². The molecule has 5 nitrogen and oxygen atoms in total. The Bertz CT molecular complexity index is 355. The molecule has 0 spiro atoms. The normalized spacial score (nSPS) is 20.4. The average Bonchev–Trinajstić information content (AvgIpc) is 2.27. The molecular weight excluding hydrogens is 238 g/mol. The first-order chi connectivity index (χ1) is 8.02. The smallest absolute Gasteiger partial charge is 0.337 e. The second-order valence-corrected chi connectivity index (χ2v) is 4.27. The number of allylic oxidation sites excluding steroid dienone is 1. The zero-order valence-corrected chi connectivity index (χ0v) is 11.3. The summed E-state index contributed by atoms with van der Waals surface area (Å²) in [5.41, 5.74) is 1.23. The minimum absolute atomic E-state index is 0.105. The molecule has 0 aromatic carbocycles. The van der Waals surface area contributed by atoms with E-state index in [2.05, 4.69) is 12.2 Å². The maximum Gasteiger partial charge on any atom is 0.337 e. The minimum atomic E-state index is -0.325. The van der Waals surface area contributed by atoms with Gasteiger partial charge in [-0.15, -0.1) is 0 Å². The molecule has 1 aliphatic rings. The predicted molar refractivity (Wildman–Crippen MR) is 69.8 cm³/mol. The van der Waals surface area contributed by atoms with Gasteiger partial charge >= 0.3 is 5.97 Å². The van der Waals surface area contributed by atoms with Crippen molar-refractivity contribution in [1.29, 1.82) is 0 Å². The molecule has 96 valence electrons. The van der Waals surface area contributed by atoms with Gasteiger partial charge in [-0.3, -0.25) is 5.01 Å². The van der Waals surface area contributed by atoms with E-state index >= 15 is 0 Å². The SMILES string of the molecule is CCCC1NC(=S)N(N)C(C)=C1C(=O)OCC. The molecule has 0 saturated heterocycles. The van der Waals surface area contributed by atoms with Crippen molar-refractivity contribution in [2.45, 2.75) is 39.7 Å². The fourth-order valence-electron chi connectivity index (χ4n) is 1.83. The van der Waals surface area contributed by atoms with Gasteiger partial charge < -0.3 is 10.1 Å². The van der Waals surface area contributed by atoms with Crippen LogP contribution in [0.15, 0.2) is 11.3 Å². The number of hydrazine groups is 1. The molecule has 0 fully saturated rings. The molecule has 0 aromatic heterocycles. The highest BCUT2D eigenvalue weighted by molar-refractivity contribution is 7.80. The monoisotopic (exact) mass is 257 g/mol. The van der Waals surface area contributed by atoms with Crippen molar-refractivity contribution in [3.05, 3.63) is 11.3 Å². The number of carbonyl (C=O) groups is 1. The second kappa shape index (κ2) is 5.97. The van der Waals surface area contributed by atoms with Crippen molar-refractivity contribution in [2.24, 2.45) is 5.84 Å². The first-order valence-corrected chi connectivity index (χ1v) is 6.16. The van der Waals surface area contributed by atoms with Gasteiger partial charge in [-0.25, -0.2) is 10.6 Å². The van der Waals surface area contributed by atoms with Gasteiger partial charge in [0.25, 0.3) is 0 Å². The van der Waals surface area contributed by atoms with Crippen molar-refractivity contribution >= 4 is 23.3 Å². The van der Waals surface area contributed by atoms with Crippen LogP contribution in [0.1, 0.15) is 33.6 Å². The summed E-state index contributed by atoms with van der Waals surface area (Å²) in [6, 6.07) is -0.105. The summed E-state index contributed by atoms with van der Waals surface area (Å²) in [4.78, 5) is 11.9. The Morgan fingerprint density at radius 3 is 2.76 bits per heavy atom. The minimum Gasteiger partial charge on any atom is -0.463 e. The molecule has 0 aliphatic carbocycles. The highest BCUT2D eigenvalue weighted by Gasteiger charge is 2.31. The summed E-state index contributed by atoms with van der Waals surface area (Å²) >= 11 is 5.10. The lowest BCUT2D eigenvalue weighted by atomic mass is 9.99. The molecule has 1 rings (SSSR count). The number of carbonyl (C=O) groups excluding carboxylic acids is 1. The summed E-state index contributed by atoms with van der Waals surface area (Å²) in [5.74, 6) is 5.44. The van der Waals surface area contributed by atoms with Crippen LogP contribution in [0.3, 0.4) is 0 Å². The first-order valence-electron chi connectivity index (χ1n) is 5.76. The zero-order chi connectivity index (χ0) is 13.0. The molecule has 0 bridgehead atoms. The molecule has 0 saturated carbocycles. The van der Waals surface area contributed by atoms with Crippen LogP contribution in [-0.4, -0.2) is 28.7 Å². The van der Waals surface area contributed by atoms with E-state index < -0.39 is 0 Å². The number of ether oxygens (including phenoxy) is 1. The summed E-state index contributed by atoms with van der Waals surface area (Å²) < 4.78 is 5.05. The molecule has 0 amide bonds. The lowest BCUT2D eigenvalue weighted by Gasteiger charge is -2.34. The van der Waals surface area contributed by atoms with E-state index in [1.54, 1.807) is 13.8 Å². The molecule has 0 radical (unpaired) electrons. The van der Waals surface area contributed by atoms with E-state index in [0.717, 1.165) is 12.8 Å². The number of rotatable bonds is 4. The Kier molecular flexibility index (Phi) is 4.89. The largest absolute Gasteiger partial charge is 0.463 e. The average molecular weight is 257 g/mol. The fourth-order valence-corrected chi connectivity index (χ4v) is 2.11. The van der Waals surface area contributed by atoms with E-state index in [1.807, 2.05) is 0 Å². The maximum atomic E-state index is 11.9. The van der Waals surface area contributed by atoms with E-state index in [4.69, 9.17) is 22.8 Å². The number of nitrogens with zero attached hydrogens (tertiary/aromatic N) is 1. The van der Waals surface area contributed by atoms with Crippen LogP contribution in [0.5, 0.6) is 0 Å². The van der Waals surface area contributed by atoms with Crippen LogP contribution < -0.4 is 11.2 Å². The van der Waals surface area contributed by atoms with Gasteiger partial charge in [-0.2, -0.15) is 0 Å². The topological polar surface area (TPSA) is 67.6 Å². The third kappa shape index (κ3) is 2.95. The predicted octanol–water partition coefficient (Wildman–Crippen LogP) is 1.06. The van der Waals surface area contributed by atoms with E-state index in [0.29, 0.717) is 23.0 Å². The highest BCUT2D eigenvalue weighted by Crippen LogP contribution is 2.21. The fraction of sp³-hybridized carbons (Fsp3) is 0.636. The van der Waals surface area contributed by atoms with E-state index in [-0.39, 0.29) is 12.0 Å². The molecule has 1 atom stereocenters. The van der Waals surface area contributed by atoms with Crippen molar-refractivity contribution in [1.82, 2.24) is 10.3 Å². The Hall–Kier alpha value is -1.14. The molecule has 3 N–H and O–H groups in total. The van der Waals surface area contributed by atoms with Crippen molar-refractivity contribution in [3.63, 3.8) is 0 Å². The van der Waals surface area contributed by atoms with Crippen LogP contribution in [0.25, 0.3) is 0 Å². The van der Waals surface area contributed by atoms with Crippen molar-refractivity contribution in [3.8, 4) is 0 Å². The third-order valence-corrected chi connectivity index (χ3v) is 3.00. The van der Waals surface area contributed by atoms with Crippen LogP contribution >= 0.6 is 12.2 Å². The third-order valence-electron chi connectivity index (χ3n) is 2.69. The van der Waals surface area contributed by atoms with Gasteiger partial charge in [-0.1, -0.05) is 13.3 Å². The number of nitrogens with two attached hydrogens (primary N) is 1. The van der Waals surface area contributed by atoms with Crippen LogP contribution in [0.4, 0.5) is 0 Å². The molecule has 1 unspecified atom stereocenters. The number of hydrogen-bond acceptors (Lipinski definition) is 4. The Balaban J connectivity index is 3.05. The highest BCUT2D eigenvalue weighted by atomic mass is 32.1. The quantitative estimate of drug-likeness (QED) is 0.446. The summed E-state index contributed by atoms with van der Waals surface area (Å²) in [6.45, 7) is 5.97. The Labute approximate surface area is 107 Å². The molecular formula is C11H19N3O2S. The van der Waals surface area contributed by atoms with Crippen LogP contribution in [-0.2, 0) is 9.53 Å². The van der Waals surface area contributed by atoms with Gasteiger partial charge in [0.15, 0.2) is 5.11 Å². The number of hydrogen-bond donors (Lipinski definition) is 2. The number of esters is 1. The van der Waals surface area contributed by atoms with Gasteiger partial charge in [0.2, 0.25) is 0 Å². The number of nitrogens with one attached hydrogen (secondary N) is 1. The Morgan fingerprint density at radius 1 is 1.59 bits per heavy atom. The summed E-state index contributed by atoms with van der Waals surface area (Å²) in [5, 5.41) is 4.81. The van der Waals surface area contributed by atoms with Crippen molar-refractivity contribution < 1.29 is 9.53 Å². The molecule has 6 heteroatoms. The first kappa shape index (κ1) is 13.9. The maximum absolute atomic E-state index is 11.9. The standard InChI is InChI=1S/C11H19N3O2S/c1-4-6-8-9(10(15)16-5-2)7(3)14(12)11(17)13-8/h8H,4-6,12H2,1-3H3,(H,13,17). The molecule has 0 aromatic rings. The number of thiocarbonyl (C=S) groups is 1. The van der Waals surface area contributed by atoms with Crippen LogP contribution in [0, 0.1) is 0 Å². The Morgan fingerprint density at radius 2 is 2.24 bits per heavy atom. The van der Waals surface area contributed by atoms with Gasteiger partial charge in [0.05, 0.1) is 18.2 Å². The van der Waals surface area contributed by atoms with Crippen molar-refractivity contribution in [2.75, 3.05) is 6.61 Å². The molecule has 1 aliphatic heterocycles. The summed E-state index contributed by atoms with van der Waals surface area (Å²) in [7, 11) is 0. The van der Waals surface area contributed by atoms with Gasteiger partial charge in [-0.05, 0) is 32.5 Å². The lowest BCUT2D eigenvalue weighted by Crippen LogP contribution is -2.54. The molecule has 17 heavy (non-hydrogen) atoms. The van der Waals surface area contributed by atoms with E-state index in [1.165, 1.54) is 5.01 Å².